The van der Waals surface area contributed by atoms with E-state index in [4.69, 9.17) is 16.9 Å². The molecule has 1 aromatic heterocycles. The molecule has 2 aliphatic rings. The number of nitrogens with zero attached hydrogens (tertiary/aromatic N) is 3. The lowest BCUT2D eigenvalue weighted by Gasteiger charge is -2.11. The Morgan fingerprint density at radius 3 is 2.68 bits per heavy atom. The smallest absolute Gasteiger partial charge is 0.228 e. The summed E-state index contributed by atoms with van der Waals surface area (Å²) in [6, 6.07) is 12.8. The summed E-state index contributed by atoms with van der Waals surface area (Å²) in [5, 5.41) is 7.54. The molecule has 2 aliphatic carbocycles. The Morgan fingerprint density at radius 1 is 1.18 bits per heavy atom. The van der Waals surface area contributed by atoms with E-state index in [9.17, 15) is 4.79 Å². The highest BCUT2D eigenvalue weighted by Gasteiger charge is 2.33. The van der Waals surface area contributed by atoms with Crippen molar-refractivity contribution in [2.24, 2.45) is 4.51 Å². The number of rotatable bonds is 8. The molecule has 2 saturated carbocycles. The number of aromatic nitrogens is 2. The van der Waals surface area contributed by atoms with E-state index in [-0.39, 0.29) is 12.3 Å². The molecule has 0 spiro atoms. The van der Waals surface area contributed by atoms with Crippen LogP contribution in [0.5, 0.6) is 0 Å². The van der Waals surface area contributed by atoms with E-state index in [1.807, 2.05) is 31.2 Å². The number of halogens is 2. The normalized spacial score (nSPS) is 16.0. The van der Waals surface area contributed by atoms with Crippen LogP contribution in [0.3, 0.4) is 0 Å². The van der Waals surface area contributed by atoms with Crippen LogP contribution >= 0.6 is 11.8 Å². The SMILES string of the molecule is Cc1ccc(CC(=O)Nc2ccc(-n3nc(C4CC4)cc3C3CC3)c(F)c2)cc1/C=C\C=NCl. The molecule has 0 saturated heterocycles. The molecular formula is C27H26ClFN4O. The predicted octanol–water partition coefficient (Wildman–Crippen LogP) is 6.49. The number of carbonyl (C=O) groups excluding carboxylic acids is 1. The monoisotopic (exact) mass is 476 g/mol. The van der Waals surface area contributed by atoms with Gasteiger partial charge in [-0.05, 0) is 79.6 Å². The minimum atomic E-state index is -0.395. The van der Waals surface area contributed by atoms with Gasteiger partial charge in [-0.1, -0.05) is 24.3 Å². The number of amides is 1. The van der Waals surface area contributed by atoms with Crippen LogP contribution in [-0.4, -0.2) is 21.9 Å². The van der Waals surface area contributed by atoms with E-state index in [1.165, 1.54) is 12.3 Å². The van der Waals surface area contributed by atoms with Crippen LogP contribution < -0.4 is 5.32 Å². The van der Waals surface area contributed by atoms with Gasteiger partial charge in [0.25, 0.3) is 0 Å². The number of hydrogen-bond donors (Lipinski definition) is 1. The largest absolute Gasteiger partial charge is 0.326 e. The standard InChI is InChI=1S/C27H26ClFN4O/c1-17-4-5-18(13-21(17)3-2-12-30-28)14-27(34)31-22-10-11-25(23(29)15-22)33-26(20-8-9-20)16-24(32-33)19-6-7-19/h2-5,10-13,15-16,19-20H,6-9,14H2,1H3,(H,31,34)/b3-2-,30-12?. The quantitative estimate of drug-likeness (QED) is 0.377. The van der Waals surface area contributed by atoms with Crippen LogP contribution in [0.4, 0.5) is 10.1 Å². The van der Waals surface area contributed by atoms with E-state index >= 15 is 4.39 Å². The summed E-state index contributed by atoms with van der Waals surface area (Å²) < 4.78 is 20.3. The maximum absolute atomic E-state index is 15.1. The number of benzene rings is 2. The first-order chi connectivity index (χ1) is 16.5. The Morgan fingerprint density at radius 2 is 1.97 bits per heavy atom. The van der Waals surface area contributed by atoms with Gasteiger partial charge in [0, 0.05) is 41.2 Å². The van der Waals surface area contributed by atoms with Crippen LogP contribution in [0.1, 0.15) is 65.6 Å². The third-order valence-electron chi connectivity index (χ3n) is 6.33. The molecule has 0 radical (unpaired) electrons. The van der Waals surface area contributed by atoms with Gasteiger partial charge >= 0.3 is 0 Å². The highest BCUT2D eigenvalue weighted by molar-refractivity contribution is 6.18. The molecule has 1 N–H and O–H groups in total. The van der Waals surface area contributed by atoms with E-state index in [0.717, 1.165) is 53.8 Å². The molecule has 1 heterocycles. The van der Waals surface area contributed by atoms with Gasteiger partial charge in [-0.25, -0.2) is 9.07 Å². The fraction of sp³-hybridized carbons (Fsp3) is 0.296. The number of allylic oxidation sites excluding steroid dienone is 1. The van der Waals surface area contributed by atoms with Crippen LogP contribution in [0.2, 0.25) is 0 Å². The zero-order valence-electron chi connectivity index (χ0n) is 19.0. The van der Waals surface area contributed by atoms with Crippen molar-refractivity contribution in [1.82, 2.24) is 9.78 Å². The van der Waals surface area contributed by atoms with Gasteiger partial charge < -0.3 is 5.32 Å². The second-order valence-electron chi connectivity index (χ2n) is 9.14. The van der Waals surface area contributed by atoms with Gasteiger partial charge in [0.1, 0.15) is 5.69 Å². The topological polar surface area (TPSA) is 59.3 Å². The number of nitrogens with one attached hydrogen (secondary N) is 1. The number of anilines is 1. The van der Waals surface area contributed by atoms with E-state index in [2.05, 4.69) is 15.9 Å². The van der Waals surface area contributed by atoms with E-state index in [1.54, 1.807) is 22.9 Å². The summed E-state index contributed by atoms with van der Waals surface area (Å²) in [7, 11) is 0. The molecule has 2 aromatic carbocycles. The fourth-order valence-electron chi connectivity index (χ4n) is 4.16. The minimum Gasteiger partial charge on any atom is -0.326 e. The number of carbonyl (C=O) groups is 1. The summed E-state index contributed by atoms with van der Waals surface area (Å²) >= 11 is 5.31. The van der Waals surface area contributed by atoms with Gasteiger partial charge in [0.2, 0.25) is 5.91 Å². The summed E-state index contributed by atoms with van der Waals surface area (Å²) in [5.41, 5.74) is 5.95. The second-order valence-corrected chi connectivity index (χ2v) is 9.34. The van der Waals surface area contributed by atoms with E-state index < -0.39 is 5.82 Å². The van der Waals surface area contributed by atoms with Crippen LogP contribution in [0.25, 0.3) is 11.8 Å². The molecule has 5 rings (SSSR count). The van der Waals surface area contributed by atoms with Crippen molar-refractivity contribution in [1.29, 1.82) is 0 Å². The van der Waals surface area contributed by atoms with Gasteiger partial charge in [-0.15, -0.1) is 0 Å². The molecule has 2 fully saturated rings. The third-order valence-corrected chi connectivity index (χ3v) is 6.45. The van der Waals surface area contributed by atoms with Crippen molar-refractivity contribution < 1.29 is 9.18 Å². The molecule has 7 heteroatoms. The molecule has 34 heavy (non-hydrogen) atoms. The summed E-state index contributed by atoms with van der Waals surface area (Å²) in [6.07, 6.45) is 9.88. The average molecular weight is 477 g/mol. The maximum Gasteiger partial charge on any atom is 0.228 e. The molecule has 0 bridgehead atoms. The Kier molecular flexibility index (Phi) is 6.33. The molecular weight excluding hydrogens is 451 g/mol. The first-order valence-electron chi connectivity index (χ1n) is 11.6. The van der Waals surface area contributed by atoms with E-state index in [0.29, 0.717) is 23.2 Å². The Labute approximate surface area is 203 Å². The van der Waals surface area contributed by atoms with Crippen LogP contribution in [0, 0.1) is 12.7 Å². The summed E-state index contributed by atoms with van der Waals surface area (Å²) in [6.45, 7) is 1.99. The van der Waals surface area contributed by atoms with Crippen molar-refractivity contribution in [2.75, 3.05) is 5.32 Å². The number of hydrogen-bond acceptors (Lipinski definition) is 3. The highest BCUT2D eigenvalue weighted by Crippen LogP contribution is 2.45. The molecule has 1 amide bonds. The van der Waals surface area contributed by atoms with Crippen LogP contribution in [0.15, 0.2) is 53.1 Å². The molecule has 0 atom stereocenters. The first-order valence-corrected chi connectivity index (χ1v) is 12.0. The zero-order valence-corrected chi connectivity index (χ0v) is 19.7. The first kappa shape index (κ1) is 22.5. The Hall–Kier alpha value is -3.25. The Bertz CT molecular complexity index is 1290. The van der Waals surface area contributed by atoms with Crippen LogP contribution in [-0.2, 0) is 11.2 Å². The van der Waals surface area contributed by atoms with Gasteiger partial charge in [0.15, 0.2) is 5.82 Å². The lowest BCUT2D eigenvalue weighted by molar-refractivity contribution is -0.115. The summed E-state index contributed by atoms with van der Waals surface area (Å²) in [4.78, 5) is 12.6. The lowest BCUT2D eigenvalue weighted by atomic mass is 10.0. The van der Waals surface area contributed by atoms with Crippen molar-refractivity contribution in [2.45, 2.75) is 50.9 Å². The van der Waals surface area contributed by atoms with Crippen molar-refractivity contribution in [3.8, 4) is 5.69 Å². The third kappa shape index (κ3) is 5.12. The molecule has 174 valence electrons. The zero-order chi connectivity index (χ0) is 23.7. The minimum absolute atomic E-state index is 0.184. The second kappa shape index (κ2) is 9.55. The van der Waals surface area contributed by atoms with Crippen molar-refractivity contribution in [3.05, 3.63) is 82.4 Å². The lowest BCUT2D eigenvalue weighted by Crippen LogP contribution is -2.15. The predicted molar refractivity (Wildman–Crippen MR) is 134 cm³/mol. The van der Waals surface area contributed by atoms with Gasteiger partial charge in [-0.3, -0.25) is 4.79 Å². The van der Waals surface area contributed by atoms with Gasteiger partial charge in [-0.2, -0.15) is 9.61 Å². The average Bonchev–Trinajstić information content (AvgIpc) is 3.75. The number of aryl methyl sites for hydroxylation is 1. The van der Waals surface area contributed by atoms with Crippen molar-refractivity contribution >= 4 is 35.7 Å². The Balaban J connectivity index is 1.29. The fourth-order valence-corrected chi connectivity index (χ4v) is 4.23. The highest BCUT2D eigenvalue weighted by atomic mass is 35.5. The summed E-state index contributed by atoms with van der Waals surface area (Å²) in [5.74, 6) is 0.387. The molecule has 5 nitrogen and oxygen atoms in total. The van der Waals surface area contributed by atoms with Gasteiger partial charge in [0.05, 0.1) is 12.1 Å². The molecule has 0 unspecified atom stereocenters. The molecule has 0 aliphatic heterocycles. The molecule has 3 aromatic rings. The van der Waals surface area contributed by atoms with Crippen molar-refractivity contribution in [3.63, 3.8) is 0 Å². The maximum atomic E-state index is 15.1.